The summed E-state index contributed by atoms with van der Waals surface area (Å²) in [6, 6.07) is 31.8. The highest BCUT2D eigenvalue weighted by molar-refractivity contribution is 6.12. The van der Waals surface area contributed by atoms with Crippen LogP contribution < -0.4 is 0 Å². The lowest BCUT2D eigenvalue weighted by Gasteiger charge is -2.20. The Bertz CT molecular complexity index is 3970. The second-order valence-electron chi connectivity index (χ2n) is 17.2. The molecule has 10 rings (SSSR count). The van der Waals surface area contributed by atoms with Crippen LogP contribution in [0.25, 0.3) is 88.4 Å². The van der Waals surface area contributed by atoms with Crippen molar-refractivity contribution in [2.75, 3.05) is 0 Å². The maximum atomic E-state index is 14.7. The third-order valence-corrected chi connectivity index (χ3v) is 12.6. The molecule has 0 aliphatic carbocycles. The van der Waals surface area contributed by atoms with Crippen LogP contribution in [0.1, 0.15) is 38.9 Å². The van der Waals surface area contributed by atoms with E-state index in [2.05, 4.69) is 6.07 Å². The zero-order chi connectivity index (χ0) is 53.0. The van der Waals surface area contributed by atoms with Gasteiger partial charge in [0.1, 0.15) is 6.07 Å². The van der Waals surface area contributed by atoms with Crippen molar-refractivity contribution in [3.63, 3.8) is 0 Å². The van der Waals surface area contributed by atoms with Crippen LogP contribution in [0.15, 0.2) is 152 Å². The number of para-hydroxylation sites is 2. The van der Waals surface area contributed by atoms with Crippen molar-refractivity contribution in [1.29, 1.82) is 10.5 Å². The molecule has 8 aromatic carbocycles. The fourth-order valence-electron chi connectivity index (χ4n) is 9.34. The molecule has 74 heavy (non-hydrogen) atoms. The molecule has 0 aliphatic heterocycles. The third-order valence-electron chi connectivity index (χ3n) is 12.6. The summed E-state index contributed by atoms with van der Waals surface area (Å²) in [5.41, 5.74) is -9.32. The highest BCUT2D eigenvalue weighted by atomic mass is 19.4. The first-order valence-corrected chi connectivity index (χ1v) is 21.6. The highest BCUT2D eigenvalue weighted by Gasteiger charge is 2.39. The predicted octanol–water partition coefficient (Wildman–Crippen LogP) is 17.7. The minimum atomic E-state index is -5.21. The van der Waals surface area contributed by atoms with Crippen LogP contribution in [-0.2, 0) is 30.9 Å². The largest absolute Gasteiger partial charge is 0.416 e. The minimum absolute atomic E-state index is 0.0280. The van der Waals surface area contributed by atoms with Crippen molar-refractivity contribution in [2.24, 2.45) is 0 Å². The molecule has 19 heteroatoms. The Kier molecular flexibility index (Phi) is 11.2. The van der Waals surface area contributed by atoms with Gasteiger partial charge in [0, 0.05) is 27.1 Å². The van der Waals surface area contributed by atoms with Gasteiger partial charge < -0.3 is 9.13 Å². The van der Waals surface area contributed by atoms with Crippen molar-refractivity contribution in [2.45, 2.75) is 30.9 Å². The molecule has 0 amide bonds. The minimum Gasteiger partial charge on any atom is -0.309 e. The molecule has 10 aromatic rings. The van der Waals surface area contributed by atoms with E-state index in [9.17, 15) is 76.4 Å². The first-order valence-electron chi connectivity index (χ1n) is 21.6. The van der Waals surface area contributed by atoms with Gasteiger partial charge in [-0.2, -0.15) is 76.4 Å². The normalized spacial score (nSPS) is 12.8. The van der Waals surface area contributed by atoms with Gasteiger partial charge in [-0.1, -0.05) is 60.7 Å². The number of benzene rings is 8. The molecule has 4 nitrogen and oxygen atoms in total. The molecule has 2 heterocycles. The lowest BCUT2D eigenvalue weighted by molar-refractivity contribution is -0.144. The van der Waals surface area contributed by atoms with Crippen LogP contribution in [0.5, 0.6) is 0 Å². The van der Waals surface area contributed by atoms with E-state index in [1.807, 2.05) is 0 Å². The molecule has 0 unspecified atom stereocenters. The van der Waals surface area contributed by atoms with E-state index in [0.717, 1.165) is 12.1 Å². The molecule has 0 bridgehead atoms. The van der Waals surface area contributed by atoms with Crippen LogP contribution in [0.2, 0.25) is 0 Å². The fraction of sp³-hybridized carbons (Fsp3) is 0.0909. The molecule has 0 spiro atoms. The first kappa shape index (κ1) is 48.9. The van der Waals surface area contributed by atoms with Crippen molar-refractivity contribution < 1.29 is 65.9 Å². The van der Waals surface area contributed by atoms with Crippen molar-refractivity contribution in [3.8, 4) is 56.9 Å². The fourth-order valence-corrected chi connectivity index (χ4v) is 9.34. The Balaban J connectivity index is 1.31. The van der Waals surface area contributed by atoms with Crippen LogP contribution in [0.4, 0.5) is 65.9 Å². The number of rotatable bonds is 5. The highest BCUT2D eigenvalue weighted by Crippen LogP contribution is 2.46. The molecule has 370 valence electrons. The van der Waals surface area contributed by atoms with Gasteiger partial charge in [0.2, 0.25) is 0 Å². The summed E-state index contributed by atoms with van der Waals surface area (Å²) in [6.45, 7) is 0. The average molecular weight is 1030 g/mol. The second kappa shape index (κ2) is 16.9. The molecule has 0 N–H and O–H groups in total. The smallest absolute Gasteiger partial charge is 0.309 e. The topological polar surface area (TPSA) is 57.4 Å². The van der Waals surface area contributed by atoms with Gasteiger partial charge >= 0.3 is 30.9 Å². The Morgan fingerprint density at radius 1 is 0.311 bits per heavy atom. The summed E-state index contributed by atoms with van der Waals surface area (Å²) in [6.07, 6.45) is -25.9. The van der Waals surface area contributed by atoms with Gasteiger partial charge in [-0.05, 0) is 119 Å². The average Bonchev–Trinajstić information content (AvgIpc) is 3.86. The Morgan fingerprint density at radius 3 is 1.09 bits per heavy atom. The van der Waals surface area contributed by atoms with Crippen molar-refractivity contribution in [1.82, 2.24) is 9.13 Å². The molecule has 0 saturated carbocycles. The number of hydrogen-bond acceptors (Lipinski definition) is 2. The van der Waals surface area contributed by atoms with Gasteiger partial charge in [-0.3, -0.25) is 0 Å². The number of halogens is 15. The number of alkyl halides is 15. The standard InChI is InChI=1S/C55H25F15N4/c56-51(57,58)35-14-28(26-71)13-33(19-35)44-25-47(73-45-7-3-1-5-40(45)42-11-9-29(20-48(42)73)31-15-36(52(59,60)61)23-37(16-31)53(62,63)64)34(27-72)22-50(44)74-46-8-4-2-6-41(46)43-12-10-30(21-49(43)74)32-17-38(54(65,66)67)24-39(18-32)55(68,69)70/h1-25H. The van der Waals surface area contributed by atoms with Gasteiger partial charge in [-0.25, -0.2) is 0 Å². The number of nitrogens with zero attached hydrogens (tertiary/aromatic N) is 4. The van der Waals surface area contributed by atoms with Gasteiger partial charge in [0.25, 0.3) is 0 Å². The van der Waals surface area contributed by atoms with Gasteiger partial charge in [-0.15, -0.1) is 0 Å². The summed E-state index contributed by atoms with van der Waals surface area (Å²) in [7, 11) is 0. The van der Waals surface area contributed by atoms with Gasteiger partial charge in [0.05, 0.1) is 78.5 Å². The van der Waals surface area contributed by atoms with Crippen LogP contribution >= 0.6 is 0 Å². The van der Waals surface area contributed by atoms with E-state index < -0.39 is 75.4 Å². The van der Waals surface area contributed by atoms with Crippen LogP contribution in [0, 0.1) is 22.7 Å². The molecule has 0 fully saturated rings. The maximum absolute atomic E-state index is 14.7. The van der Waals surface area contributed by atoms with E-state index in [-0.39, 0.29) is 62.4 Å². The molecular weight excluding hydrogens is 1000 g/mol. The molecular formula is C55H25F15N4. The quantitative estimate of drug-likeness (QED) is 0.161. The molecule has 0 saturated heterocycles. The number of aromatic nitrogens is 2. The first-order chi connectivity index (χ1) is 34.7. The van der Waals surface area contributed by atoms with Crippen molar-refractivity contribution >= 4 is 43.6 Å². The second-order valence-corrected chi connectivity index (χ2v) is 17.2. The lowest BCUT2D eigenvalue weighted by Crippen LogP contribution is -2.11. The monoisotopic (exact) mass is 1030 g/mol. The molecule has 0 aliphatic rings. The number of fused-ring (bicyclic) bond motifs is 6. The summed E-state index contributed by atoms with van der Waals surface area (Å²) in [5, 5.41) is 22.8. The predicted molar refractivity (Wildman–Crippen MR) is 246 cm³/mol. The van der Waals surface area contributed by atoms with E-state index in [4.69, 9.17) is 0 Å². The molecule has 0 atom stereocenters. The lowest BCUT2D eigenvalue weighted by atomic mass is 9.95. The summed E-state index contributed by atoms with van der Waals surface area (Å²) in [4.78, 5) is 0. The maximum Gasteiger partial charge on any atom is 0.416 e. The molecule has 0 radical (unpaired) electrons. The number of nitriles is 2. The Morgan fingerprint density at radius 2 is 0.689 bits per heavy atom. The van der Waals surface area contributed by atoms with Crippen molar-refractivity contribution in [3.05, 3.63) is 191 Å². The zero-order valence-corrected chi connectivity index (χ0v) is 36.9. The zero-order valence-electron chi connectivity index (χ0n) is 36.9. The van der Waals surface area contributed by atoms with E-state index in [0.29, 0.717) is 62.9 Å². The van der Waals surface area contributed by atoms with Crippen LogP contribution in [-0.4, -0.2) is 9.13 Å². The van der Waals surface area contributed by atoms with E-state index in [1.165, 1.54) is 57.7 Å². The Labute approximate surface area is 406 Å². The summed E-state index contributed by atoms with van der Waals surface area (Å²) < 4.78 is 216. The number of hydrogen-bond donors (Lipinski definition) is 0. The summed E-state index contributed by atoms with van der Waals surface area (Å²) >= 11 is 0. The summed E-state index contributed by atoms with van der Waals surface area (Å²) in [5.74, 6) is 0. The van der Waals surface area contributed by atoms with Gasteiger partial charge in [0.15, 0.2) is 0 Å². The van der Waals surface area contributed by atoms with E-state index >= 15 is 0 Å². The van der Waals surface area contributed by atoms with Crippen LogP contribution in [0.3, 0.4) is 0 Å². The molecule has 2 aromatic heterocycles. The SMILES string of the molecule is N#Cc1cc(-c2cc(-n3c4ccccc4c4ccc(-c5cc(C(F)(F)F)cc(C(F)(F)F)c5)cc43)c(C#N)cc2-n2c3ccccc3c3ccc(-c4cc(C(F)(F)F)cc(C(F)(F)F)c4)cc32)cc(C(F)(F)F)c1. The van der Waals surface area contributed by atoms with E-state index in [1.54, 1.807) is 54.6 Å². The Hall–Kier alpha value is -8.71. The third kappa shape index (κ3) is 8.57.